The van der Waals surface area contributed by atoms with Gasteiger partial charge in [-0.1, -0.05) is 6.92 Å². The summed E-state index contributed by atoms with van der Waals surface area (Å²) in [5, 5.41) is -3.44. The molecule has 0 radical (unpaired) electrons. The summed E-state index contributed by atoms with van der Waals surface area (Å²) in [6, 6.07) is 0. The number of fused-ring (bicyclic) bond motifs is 5. The van der Waals surface area contributed by atoms with Crippen molar-refractivity contribution < 1.29 is 52.3 Å². The third-order valence-electron chi connectivity index (χ3n) is 6.76. The van der Waals surface area contributed by atoms with Crippen molar-refractivity contribution in [1.29, 1.82) is 0 Å². The number of halogens is 10. The van der Waals surface area contributed by atoms with E-state index in [1.807, 2.05) is 0 Å². The van der Waals surface area contributed by atoms with Crippen molar-refractivity contribution in [2.24, 2.45) is 11.8 Å². The zero-order valence-electron chi connectivity index (χ0n) is 14.4. The Bertz CT molecular complexity index is 797. The molecular weight excluding hydrogens is 434 g/mol. The maximum Gasteiger partial charge on any atom is 0.381 e. The molecule has 0 amide bonds. The molecular formula is C15H16F10O2S. The monoisotopic (exact) mass is 450 g/mol. The van der Waals surface area contributed by atoms with E-state index in [4.69, 9.17) is 0 Å². The molecule has 0 saturated heterocycles. The first-order chi connectivity index (χ1) is 12.3. The van der Waals surface area contributed by atoms with Gasteiger partial charge in [-0.05, 0) is 26.2 Å². The van der Waals surface area contributed by atoms with Gasteiger partial charge in [-0.15, -0.1) is 0 Å². The highest BCUT2D eigenvalue weighted by Crippen LogP contribution is 2.78. The number of rotatable bonds is 3. The SMILES string of the molecule is CCC(C)S(=O)(=O)C1CC2CC1C1(F)C(F)(F)C(F)(F)C(F)(F)C(F)(F)C21F. The van der Waals surface area contributed by atoms with Gasteiger partial charge in [-0.3, -0.25) is 0 Å². The van der Waals surface area contributed by atoms with Crippen molar-refractivity contribution in [2.75, 3.05) is 0 Å². The first kappa shape index (κ1) is 21.9. The van der Waals surface area contributed by atoms with Crippen LogP contribution in [0.4, 0.5) is 43.9 Å². The molecule has 0 aromatic rings. The van der Waals surface area contributed by atoms with Crippen molar-refractivity contribution in [3.8, 4) is 0 Å². The minimum Gasteiger partial charge on any atom is -0.233 e. The van der Waals surface area contributed by atoms with Gasteiger partial charge in [-0.25, -0.2) is 17.2 Å². The molecule has 2 bridgehead atoms. The lowest BCUT2D eigenvalue weighted by Crippen LogP contribution is -2.87. The van der Waals surface area contributed by atoms with Crippen LogP contribution >= 0.6 is 0 Å². The molecule has 0 heterocycles. The molecule has 3 saturated carbocycles. The van der Waals surface area contributed by atoms with Crippen LogP contribution in [0, 0.1) is 11.8 Å². The van der Waals surface area contributed by atoms with Crippen LogP contribution in [0.5, 0.6) is 0 Å². The summed E-state index contributed by atoms with van der Waals surface area (Å²) in [4.78, 5) is 0. The van der Waals surface area contributed by atoms with Crippen LogP contribution in [-0.2, 0) is 9.84 Å². The molecule has 3 aliphatic rings. The van der Waals surface area contributed by atoms with Crippen molar-refractivity contribution in [3.05, 3.63) is 0 Å². The zero-order valence-corrected chi connectivity index (χ0v) is 15.3. The second-order valence-corrected chi connectivity index (χ2v) is 10.4. The first-order valence-corrected chi connectivity index (χ1v) is 10.0. The molecule has 6 unspecified atom stereocenters. The second-order valence-electron chi connectivity index (χ2n) is 7.84. The Morgan fingerprint density at radius 1 is 0.786 bits per heavy atom. The summed E-state index contributed by atoms with van der Waals surface area (Å²) in [5.41, 5.74) is -10.8. The molecule has 164 valence electrons. The smallest absolute Gasteiger partial charge is 0.233 e. The van der Waals surface area contributed by atoms with Crippen LogP contribution < -0.4 is 0 Å². The van der Waals surface area contributed by atoms with Crippen LogP contribution in [0.3, 0.4) is 0 Å². The Morgan fingerprint density at radius 2 is 1.21 bits per heavy atom. The predicted molar refractivity (Wildman–Crippen MR) is 76.1 cm³/mol. The van der Waals surface area contributed by atoms with E-state index < -0.39 is 80.0 Å². The molecule has 28 heavy (non-hydrogen) atoms. The fraction of sp³-hybridized carbons (Fsp3) is 1.00. The van der Waals surface area contributed by atoms with Crippen LogP contribution in [0.1, 0.15) is 33.1 Å². The number of hydrogen-bond donors (Lipinski definition) is 0. The molecule has 0 aromatic carbocycles. The van der Waals surface area contributed by atoms with E-state index in [9.17, 15) is 43.5 Å². The zero-order chi connectivity index (χ0) is 21.9. The Morgan fingerprint density at radius 3 is 1.64 bits per heavy atom. The second kappa shape index (κ2) is 5.29. The van der Waals surface area contributed by atoms with Gasteiger partial charge in [-0.2, -0.15) is 35.1 Å². The van der Waals surface area contributed by atoms with E-state index in [1.54, 1.807) is 0 Å². The van der Waals surface area contributed by atoms with Gasteiger partial charge in [0.25, 0.3) is 0 Å². The highest BCUT2D eigenvalue weighted by molar-refractivity contribution is 7.92. The molecule has 3 fully saturated rings. The maximum absolute atomic E-state index is 15.4. The lowest BCUT2D eigenvalue weighted by molar-refractivity contribution is -0.470. The molecule has 0 aromatic heterocycles. The third-order valence-corrected chi connectivity index (χ3v) is 9.58. The van der Waals surface area contributed by atoms with E-state index in [0.29, 0.717) is 0 Å². The summed E-state index contributed by atoms with van der Waals surface area (Å²) in [7, 11) is -4.51. The number of alkyl halides is 10. The van der Waals surface area contributed by atoms with Gasteiger partial charge in [0.1, 0.15) is 0 Å². The van der Waals surface area contributed by atoms with Gasteiger partial charge in [0.05, 0.1) is 10.5 Å². The Hall–Kier alpha value is -0.750. The summed E-state index contributed by atoms with van der Waals surface area (Å²) in [6.45, 7) is 2.46. The number of hydrogen-bond acceptors (Lipinski definition) is 2. The van der Waals surface area contributed by atoms with E-state index in [2.05, 4.69) is 0 Å². The van der Waals surface area contributed by atoms with Gasteiger partial charge in [0.15, 0.2) is 9.84 Å². The van der Waals surface area contributed by atoms with Crippen LogP contribution in [0.2, 0.25) is 0 Å². The molecule has 2 nitrogen and oxygen atoms in total. The van der Waals surface area contributed by atoms with Crippen LogP contribution in [0.15, 0.2) is 0 Å². The standard InChI is InChI=1S/C15H16F10O2S/c1-3-6(2)28(26,27)9-5-7-4-8(9)11(17)10(7,16)12(18,19)14(22,23)15(24,25)13(11,20)21/h6-9H,3-5H2,1-2H3. The Balaban J connectivity index is 2.27. The quantitative estimate of drug-likeness (QED) is 0.590. The van der Waals surface area contributed by atoms with Crippen molar-refractivity contribution in [1.82, 2.24) is 0 Å². The number of sulfone groups is 1. The topological polar surface area (TPSA) is 34.1 Å². The minimum absolute atomic E-state index is 0.100. The lowest BCUT2D eigenvalue weighted by atomic mass is 9.59. The van der Waals surface area contributed by atoms with E-state index in [0.717, 1.165) is 6.92 Å². The molecule has 13 heteroatoms. The van der Waals surface area contributed by atoms with E-state index >= 15 is 8.78 Å². The third kappa shape index (κ3) is 1.78. The van der Waals surface area contributed by atoms with Crippen LogP contribution in [-0.4, -0.2) is 53.9 Å². The molecule has 0 aliphatic heterocycles. The minimum atomic E-state index is -6.94. The molecule has 0 N–H and O–H groups in total. The maximum atomic E-state index is 15.4. The molecule has 6 atom stereocenters. The molecule has 3 aliphatic carbocycles. The summed E-state index contributed by atoms with van der Waals surface area (Å²) < 4.78 is 167. The molecule has 3 rings (SSSR count). The largest absolute Gasteiger partial charge is 0.381 e. The first-order valence-electron chi connectivity index (χ1n) is 8.43. The average molecular weight is 450 g/mol. The summed E-state index contributed by atoms with van der Waals surface area (Å²) in [6.07, 6.45) is -2.52. The van der Waals surface area contributed by atoms with Crippen LogP contribution in [0.25, 0.3) is 0 Å². The van der Waals surface area contributed by atoms with E-state index in [1.165, 1.54) is 6.92 Å². The normalized spacial score (nSPS) is 46.2. The van der Waals surface area contributed by atoms with Gasteiger partial charge >= 0.3 is 23.7 Å². The van der Waals surface area contributed by atoms with Crippen molar-refractivity contribution >= 4 is 9.84 Å². The highest BCUT2D eigenvalue weighted by atomic mass is 32.2. The van der Waals surface area contributed by atoms with Crippen molar-refractivity contribution in [3.63, 3.8) is 0 Å². The van der Waals surface area contributed by atoms with Gasteiger partial charge in [0.2, 0.25) is 11.3 Å². The summed E-state index contributed by atoms with van der Waals surface area (Å²) in [5.74, 6) is -32.3. The van der Waals surface area contributed by atoms with Gasteiger partial charge < -0.3 is 0 Å². The lowest BCUT2D eigenvalue weighted by Gasteiger charge is -2.58. The highest BCUT2D eigenvalue weighted by Gasteiger charge is 3.04. The fourth-order valence-corrected chi connectivity index (χ4v) is 7.32. The Labute approximate surface area is 153 Å². The Kier molecular flexibility index (Phi) is 4.15. The fourth-order valence-electron chi connectivity index (χ4n) is 5.00. The molecule has 0 spiro atoms. The summed E-state index contributed by atoms with van der Waals surface area (Å²) >= 11 is 0. The van der Waals surface area contributed by atoms with E-state index in [-0.39, 0.29) is 6.42 Å². The average Bonchev–Trinajstić information content (AvgIpc) is 3.12. The van der Waals surface area contributed by atoms with Crippen molar-refractivity contribution in [2.45, 2.75) is 78.6 Å². The predicted octanol–water partition coefficient (Wildman–Crippen LogP) is 4.58. The van der Waals surface area contributed by atoms with Gasteiger partial charge in [0, 0.05) is 11.8 Å².